The minimum Gasteiger partial charge on any atom is -0.208 e. The van der Waals surface area contributed by atoms with Gasteiger partial charge in [0.05, 0.1) is 11.6 Å². The first kappa shape index (κ1) is 23.0. The highest BCUT2D eigenvalue weighted by Gasteiger charge is 2.20. The van der Waals surface area contributed by atoms with Crippen LogP contribution in [-0.4, -0.2) is 15.0 Å². The lowest BCUT2D eigenvalue weighted by Gasteiger charge is -2.13. The van der Waals surface area contributed by atoms with E-state index >= 15 is 0 Å². The van der Waals surface area contributed by atoms with Crippen molar-refractivity contribution in [3.63, 3.8) is 0 Å². The molecule has 0 spiro atoms. The maximum atomic E-state index is 9.40. The summed E-state index contributed by atoms with van der Waals surface area (Å²) in [6.45, 7) is 0. The molecule has 0 aliphatic carbocycles. The Hall–Kier alpha value is -5.18. The van der Waals surface area contributed by atoms with Crippen LogP contribution in [0.3, 0.4) is 0 Å². The molecule has 2 heterocycles. The van der Waals surface area contributed by atoms with Gasteiger partial charge in [-0.1, -0.05) is 97.1 Å². The predicted octanol–water partition coefficient (Wildman–Crippen LogP) is 8.78. The van der Waals surface area contributed by atoms with Crippen molar-refractivity contribution in [2.75, 3.05) is 0 Å². The third-order valence-electron chi connectivity index (χ3n) is 6.79. The van der Waals surface area contributed by atoms with Crippen LogP contribution in [0.1, 0.15) is 5.56 Å². The number of nitriles is 1. The summed E-state index contributed by atoms with van der Waals surface area (Å²) in [6.07, 6.45) is 0. The molecule has 0 radical (unpaired) electrons. The molecule has 0 atom stereocenters. The first-order valence-corrected chi connectivity index (χ1v) is 13.4. The fourth-order valence-corrected chi connectivity index (χ4v) is 6.17. The molecule has 0 fully saturated rings. The number of hydrogen-bond acceptors (Lipinski definition) is 5. The topological polar surface area (TPSA) is 62.5 Å². The monoisotopic (exact) mass is 516 g/mol. The Bertz CT molecular complexity index is 1950. The van der Waals surface area contributed by atoms with E-state index in [-0.39, 0.29) is 0 Å². The summed E-state index contributed by atoms with van der Waals surface area (Å²) in [5.74, 6) is 1.87. The Balaban J connectivity index is 1.54. The smallest absolute Gasteiger partial charge is 0.164 e. The number of fused-ring (bicyclic) bond motifs is 3. The van der Waals surface area contributed by atoms with E-state index in [2.05, 4.69) is 42.5 Å². The highest BCUT2D eigenvalue weighted by atomic mass is 32.1. The predicted molar refractivity (Wildman–Crippen MR) is 159 cm³/mol. The minimum atomic E-state index is 0.612. The van der Waals surface area contributed by atoms with Crippen LogP contribution in [0.5, 0.6) is 0 Å². The summed E-state index contributed by atoms with van der Waals surface area (Å²) in [4.78, 5) is 14.9. The summed E-state index contributed by atoms with van der Waals surface area (Å²) < 4.78 is 2.39. The van der Waals surface area contributed by atoms with E-state index in [0.29, 0.717) is 23.0 Å². The van der Waals surface area contributed by atoms with Gasteiger partial charge in [-0.3, -0.25) is 0 Å². The van der Waals surface area contributed by atoms with E-state index in [4.69, 9.17) is 15.0 Å². The SMILES string of the molecule is N#Cc1ccc(-c2c(-c3nc(-c4ccccc4)nc(-c4ccccc4)n3)ccc3c2sc2ccccc23)cc1. The molecule has 0 saturated carbocycles. The molecule has 0 aliphatic rings. The molecule has 0 aliphatic heterocycles. The van der Waals surface area contributed by atoms with E-state index < -0.39 is 0 Å². The number of benzene rings is 5. The van der Waals surface area contributed by atoms with Crippen molar-refractivity contribution in [3.8, 4) is 51.4 Å². The van der Waals surface area contributed by atoms with Crippen molar-refractivity contribution < 1.29 is 0 Å². The number of nitrogens with zero attached hydrogens (tertiary/aromatic N) is 4. The molecule has 0 bridgehead atoms. The van der Waals surface area contributed by atoms with Crippen molar-refractivity contribution >= 4 is 31.5 Å². The first-order valence-electron chi connectivity index (χ1n) is 12.6. The summed E-state index contributed by atoms with van der Waals surface area (Å²) >= 11 is 1.77. The molecule has 2 aromatic heterocycles. The highest BCUT2D eigenvalue weighted by Crippen LogP contribution is 2.44. The zero-order valence-electron chi connectivity index (χ0n) is 20.7. The third kappa shape index (κ3) is 4.14. The van der Waals surface area contributed by atoms with Gasteiger partial charge in [0.25, 0.3) is 0 Å². The second-order valence-corrected chi connectivity index (χ2v) is 10.2. The van der Waals surface area contributed by atoms with Gasteiger partial charge in [-0.25, -0.2) is 15.0 Å². The van der Waals surface area contributed by atoms with Crippen LogP contribution in [0, 0.1) is 11.3 Å². The number of aromatic nitrogens is 3. The van der Waals surface area contributed by atoms with Gasteiger partial charge >= 0.3 is 0 Å². The van der Waals surface area contributed by atoms with E-state index in [1.807, 2.05) is 84.9 Å². The van der Waals surface area contributed by atoms with Crippen LogP contribution in [0.2, 0.25) is 0 Å². The molecule has 5 heteroatoms. The van der Waals surface area contributed by atoms with Crippen LogP contribution in [0.25, 0.3) is 65.5 Å². The summed E-state index contributed by atoms with van der Waals surface area (Å²) in [7, 11) is 0. The molecule has 0 amide bonds. The lowest BCUT2D eigenvalue weighted by Crippen LogP contribution is -2.01. The molecule has 5 aromatic carbocycles. The Kier molecular flexibility index (Phi) is 5.66. The van der Waals surface area contributed by atoms with Crippen LogP contribution < -0.4 is 0 Å². The van der Waals surface area contributed by atoms with E-state index in [1.54, 1.807) is 11.3 Å². The molecular formula is C34H20N4S. The molecule has 0 N–H and O–H groups in total. The van der Waals surface area contributed by atoms with Gasteiger partial charge in [0.1, 0.15) is 0 Å². The normalized spacial score (nSPS) is 11.1. The molecule has 7 rings (SSSR count). The summed E-state index contributed by atoms with van der Waals surface area (Å²) in [5, 5.41) is 11.8. The minimum absolute atomic E-state index is 0.612. The van der Waals surface area contributed by atoms with E-state index in [9.17, 15) is 5.26 Å². The molecule has 0 unspecified atom stereocenters. The van der Waals surface area contributed by atoms with Gasteiger partial charge in [-0.2, -0.15) is 5.26 Å². The second-order valence-electron chi connectivity index (χ2n) is 9.19. The second kappa shape index (κ2) is 9.60. The Labute approximate surface area is 229 Å². The molecule has 4 nitrogen and oxygen atoms in total. The van der Waals surface area contributed by atoms with Crippen LogP contribution >= 0.6 is 11.3 Å². The summed E-state index contributed by atoms with van der Waals surface area (Å²) in [6, 6.07) is 42.8. The number of rotatable bonds is 4. The van der Waals surface area contributed by atoms with Crippen molar-refractivity contribution in [1.29, 1.82) is 5.26 Å². The zero-order chi connectivity index (χ0) is 26.2. The largest absolute Gasteiger partial charge is 0.208 e. The van der Waals surface area contributed by atoms with Gasteiger partial charge < -0.3 is 0 Å². The zero-order valence-corrected chi connectivity index (χ0v) is 21.6. The van der Waals surface area contributed by atoms with Gasteiger partial charge in [-0.15, -0.1) is 11.3 Å². The Morgan fingerprint density at radius 2 is 1.10 bits per heavy atom. The number of thiophene rings is 1. The van der Waals surface area contributed by atoms with Crippen molar-refractivity contribution in [1.82, 2.24) is 15.0 Å². The number of hydrogen-bond donors (Lipinski definition) is 0. The third-order valence-corrected chi connectivity index (χ3v) is 7.99. The average molecular weight is 517 g/mol. The molecule has 7 aromatic rings. The van der Waals surface area contributed by atoms with E-state index in [0.717, 1.165) is 27.8 Å². The van der Waals surface area contributed by atoms with Crippen molar-refractivity contribution in [3.05, 3.63) is 127 Å². The van der Waals surface area contributed by atoms with Gasteiger partial charge in [0, 0.05) is 42.4 Å². The maximum absolute atomic E-state index is 9.40. The van der Waals surface area contributed by atoms with Gasteiger partial charge in [-0.05, 0) is 29.8 Å². The van der Waals surface area contributed by atoms with Crippen molar-refractivity contribution in [2.24, 2.45) is 0 Å². The maximum Gasteiger partial charge on any atom is 0.164 e. The van der Waals surface area contributed by atoms with Crippen molar-refractivity contribution in [2.45, 2.75) is 0 Å². The first-order chi connectivity index (χ1) is 19.3. The Morgan fingerprint density at radius 3 is 1.74 bits per heavy atom. The van der Waals surface area contributed by atoms with Gasteiger partial charge in [0.15, 0.2) is 17.5 Å². The lowest BCUT2D eigenvalue weighted by atomic mass is 9.95. The molecule has 39 heavy (non-hydrogen) atoms. The average Bonchev–Trinajstić information content (AvgIpc) is 3.40. The lowest BCUT2D eigenvalue weighted by molar-refractivity contribution is 1.07. The standard InChI is InChI=1S/C34H20N4S/c35-21-22-15-17-23(18-16-22)30-28(20-19-27-26-13-7-8-14-29(26)39-31(27)30)34-37-32(24-9-3-1-4-10-24)36-33(38-34)25-11-5-2-6-12-25/h1-20H. The molecule has 182 valence electrons. The highest BCUT2D eigenvalue weighted by molar-refractivity contribution is 7.26. The van der Waals surface area contributed by atoms with Crippen LogP contribution in [0.15, 0.2) is 121 Å². The summed E-state index contributed by atoms with van der Waals surface area (Å²) in [5.41, 5.74) is 5.49. The van der Waals surface area contributed by atoms with Gasteiger partial charge in [0.2, 0.25) is 0 Å². The van der Waals surface area contributed by atoms with Crippen LogP contribution in [0.4, 0.5) is 0 Å². The fourth-order valence-electron chi connectivity index (χ4n) is 4.90. The molecule has 0 saturated heterocycles. The quantitative estimate of drug-likeness (QED) is 0.235. The van der Waals surface area contributed by atoms with Crippen LogP contribution in [-0.2, 0) is 0 Å². The fraction of sp³-hybridized carbons (Fsp3) is 0. The van der Waals surface area contributed by atoms with E-state index in [1.165, 1.54) is 20.2 Å². The molecular weight excluding hydrogens is 496 g/mol. The Morgan fingerprint density at radius 1 is 0.513 bits per heavy atom.